The summed E-state index contributed by atoms with van der Waals surface area (Å²) in [6, 6.07) is 16.7. The third kappa shape index (κ3) is 2.43. The summed E-state index contributed by atoms with van der Waals surface area (Å²) < 4.78 is 6.47. The van der Waals surface area contributed by atoms with Crippen LogP contribution in [0.25, 0.3) is 49.0 Å². The van der Waals surface area contributed by atoms with Crippen molar-refractivity contribution in [3.63, 3.8) is 0 Å². The van der Waals surface area contributed by atoms with Crippen molar-refractivity contribution in [2.75, 3.05) is 0 Å². The van der Waals surface area contributed by atoms with Crippen molar-refractivity contribution < 1.29 is 4.57 Å². The third-order valence-corrected chi connectivity index (χ3v) is 11.5. The first-order chi connectivity index (χ1) is 14.7. The second-order valence-electron chi connectivity index (χ2n) is 10.4. The molecule has 3 aromatic heterocycles. The van der Waals surface area contributed by atoms with Gasteiger partial charge in [-0.15, -0.1) is 0 Å². The van der Waals surface area contributed by atoms with Crippen LogP contribution in [0.3, 0.4) is 0 Å². The van der Waals surface area contributed by atoms with Crippen LogP contribution in [0.4, 0.5) is 0 Å². The standard InChI is InChI=1S/C28H29GeN2/c1-16-8-9-21-22-13-17(2)18(3)25-27(22)31(23(21)12-16)24-15-20(29(4,5)6)14-19-10-11-30(7)28(25)26(19)24/h8-15H,1-7H3/q+1. The van der Waals surface area contributed by atoms with E-state index in [1.54, 1.807) is 4.40 Å². The second-order valence-corrected chi connectivity index (χ2v) is 21.1. The van der Waals surface area contributed by atoms with Crippen LogP contribution in [0.2, 0.25) is 17.3 Å². The molecule has 0 radical (unpaired) electrons. The molecule has 0 fully saturated rings. The van der Waals surface area contributed by atoms with Crippen molar-refractivity contribution in [1.29, 1.82) is 0 Å². The number of hydrogen-bond acceptors (Lipinski definition) is 0. The number of nitrogens with zero attached hydrogens (tertiary/aromatic N) is 2. The van der Waals surface area contributed by atoms with Crippen molar-refractivity contribution in [2.45, 2.75) is 38.0 Å². The summed E-state index contributed by atoms with van der Waals surface area (Å²) in [5.41, 5.74) is 9.49. The van der Waals surface area contributed by atoms with Gasteiger partial charge in [-0.05, 0) is 0 Å². The van der Waals surface area contributed by atoms with Gasteiger partial charge in [0.15, 0.2) is 0 Å². The zero-order chi connectivity index (χ0) is 21.8. The molecule has 0 aliphatic heterocycles. The van der Waals surface area contributed by atoms with Gasteiger partial charge >= 0.3 is 186 Å². The molecule has 0 N–H and O–H groups in total. The Morgan fingerprint density at radius 2 is 1.58 bits per heavy atom. The monoisotopic (exact) mass is 467 g/mol. The number of hydrogen-bond donors (Lipinski definition) is 0. The number of fused-ring (bicyclic) bond motifs is 5. The molecule has 0 aliphatic rings. The van der Waals surface area contributed by atoms with Crippen LogP contribution in [0.1, 0.15) is 16.7 Å². The molecule has 31 heavy (non-hydrogen) atoms. The second kappa shape index (κ2) is 6.01. The van der Waals surface area contributed by atoms with E-state index < -0.39 is 13.3 Å². The molecular weight excluding hydrogens is 437 g/mol. The van der Waals surface area contributed by atoms with Gasteiger partial charge in [-0.2, -0.15) is 0 Å². The van der Waals surface area contributed by atoms with Crippen molar-refractivity contribution in [2.24, 2.45) is 7.05 Å². The summed E-state index contributed by atoms with van der Waals surface area (Å²) in [4.78, 5) is 0. The molecule has 0 atom stereocenters. The van der Waals surface area contributed by atoms with Crippen molar-refractivity contribution in [3.05, 3.63) is 65.4 Å². The SMILES string of the molecule is Cc1ccc2c3cc(C)c(C)c4c3n(c2c1)c1c[c]([Ge]([CH3])([CH3])[CH3])cc2cc[n+](C)c4c21. The zero-order valence-electron chi connectivity index (χ0n) is 19.5. The van der Waals surface area contributed by atoms with Crippen LogP contribution in [-0.4, -0.2) is 17.7 Å². The number of aromatic nitrogens is 2. The van der Waals surface area contributed by atoms with E-state index in [0.717, 1.165) is 0 Å². The first-order valence-electron chi connectivity index (χ1n) is 11.2. The Balaban J connectivity index is 2.08. The van der Waals surface area contributed by atoms with E-state index in [-0.39, 0.29) is 0 Å². The van der Waals surface area contributed by atoms with Gasteiger partial charge in [-0.3, -0.25) is 0 Å². The molecule has 0 saturated heterocycles. The van der Waals surface area contributed by atoms with Gasteiger partial charge in [-0.1, -0.05) is 0 Å². The van der Waals surface area contributed by atoms with E-state index in [1.165, 1.54) is 65.7 Å². The van der Waals surface area contributed by atoms with Gasteiger partial charge < -0.3 is 0 Å². The van der Waals surface area contributed by atoms with Gasteiger partial charge in [0.25, 0.3) is 0 Å². The average molecular weight is 466 g/mol. The Bertz CT molecular complexity index is 1700. The Morgan fingerprint density at radius 3 is 2.32 bits per heavy atom. The summed E-state index contributed by atoms with van der Waals surface area (Å²) in [7, 11) is 2.20. The Hall–Kier alpha value is -2.59. The summed E-state index contributed by atoms with van der Waals surface area (Å²) in [6.45, 7) is 6.75. The van der Waals surface area contributed by atoms with E-state index in [2.05, 4.69) is 103 Å². The molecule has 0 spiro atoms. The number of benzene rings is 3. The third-order valence-electron chi connectivity index (χ3n) is 7.29. The fraction of sp³-hybridized carbons (Fsp3) is 0.250. The molecule has 0 unspecified atom stereocenters. The van der Waals surface area contributed by atoms with E-state index in [9.17, 15) is 0 Å². The summed E-state index contributed by atoms with van der Waals surface area (Å²) in [5.74, 6) is 7.49. The van der Waals surface area contributed by atoms with E-state index in [1.807, 2.05) is 0 Å². The normalized spacial score (nSPS) is 13.0. The molecule has 0 bridgehead atoms. The van der Waals surface area contributed by atoms with Gasteiger partial charge in [0.05, 0.1) is 0 Å². The molecule has 6 aromatic rings. The number of rotatable bonds is 1. The predicted molar refractivity (Wildman–Crippen MR) is 137 cm³/mol. The van der Waals surface area contributed by atoms with E-state index in [4.69, 9.17) is 0 Å². The number of pyridine rings is 2. The van der Waals surface area contributed by atoms with Crippen LogP contribution in [0.15, 0.2) is 48.7 Å². The Kier molecular flexibility index (Phi) is 3.71. The predicted octanol–water partition coefficient (Wildman–Crippen LogP) is 6.28. The van der Waals surface area contributed by atoms with Crippen LogP contribution in [0.5, 0.6) is 0 Å². The maximum absolute atomic E-state index is 2.58. The van der Waals surface area contributed by atoms with Gasteiger partial charge in [0, 0.05) is 0 Å². The first kappa shape index (κ1) is 19.1. The molecule has 0 aliphatic carbocycles. The van der Waals surface area contributed by atoms with Crippen molar-refractivity contribution >= 4 is 66.7 Å². The molecule has 3 heterocycles. The molecule has 3 heteroatoms. The Morgan fingerprint density at radius 1 is 0.806 bits per heavy atom. The Labute approximate surface area is 185 Å². The van der Waals surface area contributed by atoms with Crippen LogP contribution in [-0.2, 0) is 7.05 Å². The molecule has 3 aromatic carbocycles. The maximum atomic E-state index is 2.58. The van der Waals surface area contributed by atoms with E-state index >= 15 is 0 Å². The molecular formula is C28H29GeN2+. The molecule has 2 nitrogen and oxygen atoms in total. The summed E-state index contributed by atoms with van der Waals surface area (Å²) in [5, 5.41) is 6.89. The molecule has 0 amide bonds. The summed E-state index contributed by atoms with van der Waals surface area (Å²) in [6.07, 6.45) is 2.25. The average Bonchev–Trinajstić information content (AvgIpc) is 3.02. The topological polar surface area (TPSA) is 8.29 Å². The zero-order valence-corrected chi connectivity index (χ0v) is 21.6. The van der Waals surface area contributed by atoms with Crippen LogP contribution in [0, 0.1) is 20.8 Å². The molecule has 154 valence electrons. The fourth-order valence-electron chi connectivity index (χ4n) is 5.45. The number of aryl methyl sites for hydroxylation is 4. The quantitative estimate of drug-likeness (QED) is 0.117. The fourth-order valence-corrected chi connectivity index (χ4v) is 7.88. The van der Waals surface area contributed by atoms with Crippen LogP contribution < -0.4 is 8.96 Å². The molecule has 0 saturated carbocycles. The van der Waals surface area contributed by atoms with Crippen LogP contribution >= 0.6 is 0 Å². The summed E-state index contributed by atoms with van der Waals surface area (Å²) >= 11 is -2.03. The van der Waals surface area contributed by atoms with Crippen molar-refractivity contribution in [3.8, 4) is 0 Å². The van der Waals surface area contributed by atoms with Crippen molar-refractivity contribution in [1.82, 2.24) is 4.40 Å². The minimum atomic E-state index is -2.03. The van der Waals surface area contributed by atoms with Gasteiger partial charge in [0.1, 0.15) is 0 Å². The molecule has 6 rings (SSSR count). The van der Waals surface area contributed by atoms with Gasteiger partial charge in [-0.25, -0.2) is 0 Å². The first-order valence-corrected chi connectivity index (χ1v) is 18.5. The van der Waals surface area contributed by atoms with E-state index in [0.29, 0.717) is 0 Å². The van der Waals surface area contributed by atoms with Gasteiger partial charge in [0.2, 0.25) is 0 Å². The minimum absolute atomic E-state index is 1.31.